The van der Waals surface area contributed by atoms with Gasteiger partial charge in [-0.2, -0.15) is 0 Å². The molecule has 1 N–H and O–H groups in total. The molecule has 0 radical (unpaired) electrons. The van der Waals surface area contributed by atoms with Crippen molar-refractivity contribution in [2.24, 2.45) is 5.41 Å². The monoisotopic (exact) mass is 222 g/mol. The van der Waals surface area contributed by atoms with E-state index in [1.165, 1.54) is 0 Å². The van der Waals surface area contributed by atoms with Crippen molar-refractivity contribution < 1.29 is 6.22 Å². The minimum atomic E-state index is -0.388. The van der Waals surface area contributed by atoms with Crippen molar-refractivity contribution in [2.45, 2.75) is 40.5 Å². The predicted octanol–water partition coefficient (Wildman–Crippen LogP) is 3.26. The second-order valence-corrected chi connectivity index (χ2v) is 4.97. The Morgan fingerprint density at radius 2 is 2.19 bits per heavy atom. The average molecular weight is 222 g/mol. The molecular weight excluding hydrogens is 200 g/mol. The van der Waals surface area contributed by atoms with E-state index in [0.29, 0.717) is 5.82 Å². The zero-order valence-corrected chi connectivity index (χ0v) is 10.5. The molecule has 90 valence electrons. The lowest BCUT2D eigenvalue weighted by Gasteiger charge is -2.18. The number of carbonyl (C=O) groups is 1. The van der Waals surface area contributed by atoms with Crippen LogP contribution in [0, 0.1) is 5.41 Å². The molecule has 0 aliphatic heterocycles. The van der Waals surface area contributed by atoms with Gasteiger partial charge in [-0.05, 0) is 18.1 Å². The van der Waals surface area contributed by atoms with Crippen molar-refractivity contribution in [2.75, 3.05) is 5.32 Å². The Hall–Kier alpha value is -1.38. The largest absolute Gasteiger partial charge is 0.310 e. The lowest BCUT2D eigenvalue weighted by Crippen LogP contribution is -2.28. The van der Waals surface area contributed by atoms with Crippen molar-refractivity contribution in [3.05, 3.63) is 23.9 Å². The van der Waals surface area contributed by atoms with Gasteiger partial charge < -0.3 is 5.32 Å². The molecule has 1 rings (SSSR count). The quantitative estimate of drug-likeness (QED) is 0.852. The van der Waals surface area contributed by atoms with E-state index in [1.807, 2.05) is 32.9 Å². The van der Waals surface area contributed by atoms with Gasteiger partial charge >= 0.3 is 0 Å². The number of aryl methyl sites for hydroxylation is 1. The molecule has 1 aromatic rings. The fourth-order valence-corrected chi connectivity index (χ4v) is 1.32. The second-order valence-electron chi connectivity index (χ2n) is 4.97. The molecule has 0 saturated heterocycles. The van der Waals surface area contributed by atoms with Gasteiger partial charge in [-0.25, -0.2) is 4.98 Å². The van der Waals surface area contributed by atoms with Gasteiger partial charge in [0.1, 0.15) is 5.82 Å². The number of amides is 1. The molecule has 0 saturated carbocycles. The maximum Gasteiger partial charge on any atom is 0.230 e. The Kier molecular flexibility index (Phi) is 4.05. The molecule has 0 aliphatic carbocycles. The van der Waals surface area contributed by atoms with E-state index >= 15 is 0 Å². The van der Waals surface area contributed by atoms with E-state index in [9.17, 15) is 4.79 Å². The number of nitrogens with zero attached hydrogens (tertiary/aromatic N) is 1. The number of hydrogen-bond donors (Lipinski definition) is 1. The minimum absolute atomic E-state index is 0. The molecule has 1 aromatic heterocycles. The van der Waals surface area contributed by atoms with Gasteiger partial charge in [0.15, 0.2) is 0 Å². The van der Waals surface area contributed by atoms with Crippen LogP contribution < -0.4 is 5.32 Å². The molecule has 1 amide bonds. The lowest BCUT2D eigenvalue weighted by atomic mass is 9.95. The molecule has 3 heteroatoms. The van der Waals surface area contributed by atoms with Crippen LogP contribution in [0.1, 0.15) is 41.1 Å². The number of pyridine rings is 1. The Balaban J connectivity index is 0.00000256. The number of carbonyl (C=O) groups excluding carboxylic acids is 1. The molecule has 1 heterocycles. The fraction of sp³-hybridized carbons (Fsp3) is 0.538. The first-order valence-corrected chi connectivity index (χ1v) is 5.70. The molecular formula is C13H22N2O. The number of nitrogens with one attached hydrogen (secondary N) is 1. The first-order valence-electron chi connectivity index (χ1n) is 5.70. The molecule has 0 unspecified atom stereocenters. The maximum absolute atomic E-state index is 11.8. The third-order valence-electron chi connectivity index (χ3n) is 2.32. The number of hydrogen-bond acceptors (Lipinski definition) is 2. The van der Waals surface area contributed by atoms with Gasteiger partial charge in [0.05, 0.1) is 0 Å². The normalized spacial score (nSPS) is 11.2. The summed E-state index contributed by atoms with van der Waals surface area (Å²) in [6.07, 6.45) is 3.69. The summed E-state index contributed by atoms with van der Waals surface area (Å²) in [5.74, 6) is 0.702. The summed E-state index contributed by atoms with van der Waals surface area (Å²) in [5.41, 5.74) is 0.712. The highest BCUT2D eigenvalue weighted by atomic mass is 16.2. The maximum atomic E-state index is 11.8. The summed E-state index contributed by atoms with van der Waals surface area (Å²) in [6.45, 7) is 7.79. The molecule has 0 spiro atoms. The van der Waals surface area contributed by atoms with Gasteiger partial charge in [0.2, 0.25) is 5.91 Å². The standard InChI is InChI=1S/C13H20N2O.H2/c1-5-7-10-8-6-9-14-11(10)15-12(16)13(2,3)4;/h6,8-9H,5,7H2,1-4H3,(H,14,15,16);1H. The Morgan fingerprint density at radius 3 is 2.75 bits per heavy atom. The van der Waals surface area contributed by atoms with Crippen LogP contribution in [-0.4, -0.2) is 10.9 Å². The predicted molar refractivity (Wildman–Crippen MR) is 68.4 cm³/mol. The molecule has 0 bridgehead atoms. The van der Waals surface area contributed by atoms with Crippen molar-refractivity contribution in [1.82, 2.24) is 4.98 Å². The van der Waals surface area contributed by atoms with Gasteiger partial charge in [0.25, 0.3) is 0 Å². The van der Waals surface area contributed by atoms with Crippen LogP contribution in [0.15, 0.2) is 18.3 Å². The summed E-state index contributed by atoms with van der Waals surface area (Å²) < 4.78 is 0. The van der Waals surface area contributed by atoms with E-state index < -0.39 is 0 Å². The van der Waals surface area contributed by atoms with E-state index in [2.05, 4.69) is 17.2 Å². The van der Waals surface area contributed by atoms with E-state index in [0.717, 1.165) is 18.4 Å². The van der Waals surface area contributed by atoms with E-state index in [-0.39, 0.29) is 12.7 Å². The van der Waals surface area contributed by atoms with Crippen LogP contribution in [0.25, 0.3) is 0 Å². The van der Waals surface area contributed by atoms with Crippen LogP contribution >= 0.6 is 0 Å². The van der Waals surface area contributed by atoms with Crippen LogP contribution in [0.4, 0.5) is 5.82 Å². The summed E-state index contributed by atoms with van der Waals surface area (Å²) in [5, 5.41) is 2.89. The first-order chi connectivity index (χ1) is 7.45. The zero-order chi connectivity index (χ0) is 12.2. The highest BCUT2D eigenvalue weighted by Gasteiger charge is 2.22. The Labute approximate surface area is 98.8 Å². The van der Waals surface area contributed by atoms with Crippen molar-refractivity contribution >= 4 is 11.7 Å². The number of rotatable bonds is 3. The minimum Gasteiger partial charge on any atom is -0.310 e. The summed E-state index contributed by atoms with van der Waals surface area (Å²) in [6, 6.07) is 3.91. The second kappa shape index (κ2) is 5.10. The Bertz CT molecular complexity index is 372. The smallest absolute Gasteiger partial charge is 0.230 e. The SMILES string of the molecule is CCCc1cccnc1NC(=O)C(C)(C)C.[HH]. The average Bonchev–Trinajstić information content (AvgIpc) is 2.20. The summed E-state index contributed by atoms with van der Waals surface area (Å²) in [7, 11) is 0. The highest BCUT2D eigenvalue weighted by molar-refractivity contribution is 5.94. The lowest BCUT2D eigenvalue weighted by molar-refractivity contribution is -0.123. The third-order valence-corrected chi connectivity index (χ3v) is 2.32. The molecule has 0 atom stereocenters. The van der Waals surface area contributed by atoms with E-state index in [1.54, 1.807) is 6.20 Å². The fourth-order valence-electron chi connectivity index (χ4n) is 1.32. The van der Waals surface area contributed by atoms with Crippen LogP contribution in [0.2, 0.25) is 0 Å². The van der Waals surface area contributed by atoms with Gasteiger partial charge in [-0.3, -0.25) is 4.79 Å². The molecule has 16 heavy (non-hydrogen) atoms. The third kappa shape index (κ3) is 3.33. The van der Waals surface area contributed by atoms with Gasteiger partial charge in [-0.1, -0.05) is 40.2 Å². The summed E-state index contributed by atoms with van der Waals surface area (Å²) >= 11 is 0. The van der Waals surface area contributed by atoms with E-state index in [4.69, 9.17) is 0 Å². The molecule has 0 aliphatic rings. The molecule has 3 nitrogen and oxygen atoms in total. The summed E-state index contributed by atoms with van der Waals surface area (Å²) in [4.78, 5) is 16.1. The zero-order valence-electron chi connectivity index (χ0n) is 10.5. The van der Waals surface area contributed by atoms with Crippen LogP contribution in [-0.2, 0) is 11.2 Å². The topological polar surface area (TPSA) is 42.0 Å². The molecule has 0 fully saturated rings. The van der Waals surface area contributed by atoms with Crippen molar-refractivity contribution in [1.29, 1.82) is 0 Å². The highest BCUT2D eigenvalue weighted by Crippen LogP contribution is 2.19. The first kappa shape index (κ1) is 12.7. The molecule has 0 aromatic carbocycles. The van der Waals surface area contributed by atoms with Crippen LogP contribution in [0.3, 0.4) is 0 Å². The Morgan fingerprint density at radius 1 is 1.50 bits per heavy atom. The number of anilines is 1. The van der Waals surface area contributed by atoms with Gasteiger partial charge in [-0.15, -0.1) is 0 Å². The number of aromatic nitrogens is 1. The van der Waals surface area contributed by atoms with Gasteiger partial charge in [0, 0.05) is 13.0 Å². The van der Waals surface area contributed by atoms with Crippen molar-refractivity contribution in [3.8, 4) is 0 Å². The van der Waals surface area contributed by atoms with Crippen molar-refractivity contribution in [3.63, 3.8) is 0 Å². The van der Waals surface area contributed by atoms with Crippen LogP contribution in [0.5, 0.6) is 0 Å².